The van der Waals surface area contributed by atoms with Crippen molar-refractivity contribution in [1.29, 1.82) is 0 Å². The lowest BCUT2D eigenvalue weighted by Gasteiger charge is -2.28. The van der Waals surface area contributed by atoms with Crippen LogP contribution in [0.5, 0.6) is 0 Å². The molecule has 5 nitrogen and oxygen atoms in total. The molecule has 0 spiro atoms. The Morgan fingerprint density at radius 1 is 0.929 bits per heavy atom. The van der Waals surface area contributed by atoms with E-state index in [2.05, 4.69) is 31.2 Å². The first-order valence-electron chi connectivity index (χ1n) is 10.4. The summed E-state index contributed by atoms with van der Waals surface area (Å²) >= 11 is 0. The van der Waals surface area contributed by atoms with Crippen LogP contribution in [-0.2, 0) is 14.3 Å². The van der Waals surface area contributed by atoms with Gasteiger partial charge >= 0.3 is 11.9 Å². The summed E-state index contributed by atoms with van der Waals surface area (Å²) in [5.41, 5.74) is 0. The Hall–Kier alpha value is -1.88. The number of aliphatic carboxylic acids is 1. The summed E-state index contributed by atoms with van der Waals surface area (Å²) in [4.78, 5) is 22.9. The smallest absolute Gasteiger partial charge is 0.307 e. The summed E-state index contributed by atoms with van der Waals surface area (Å²) in [7, 11) is 5.87. The van der Waals surface area contributed by atoms with E-state index in [1.165, 1.54) is 0 Å². The number of hydrogen-bond donors (Lipinski definition) is 1. The second-order valence-corrected chi connectivity index (χ2v) is 8.14. The van der Waals surface area contributed by atoms with Gasteiger partial charge in [-0.3, -0.25) is 9.59 Å². The van der Waals surface area contributed by atoms with Gasteiger partial charge in [0.05, 0.1) is 27.6 Å². The number of allylic oxidation sites excluding steroid dienone is 6. The molecular weight excluding hydrogens is 354 g/mol. The minimum absolute atomic E-state index is 0.140. The predicted molar refractivity (Wildman–Crippen MR) is 115 cm³/mol. The van der Waals surface area contributed by atoms with Gasteiger partial charge in [-0.2, -0.15) is 0 Å². The number of nitrogens with zero attached hydrogens (tertiary/aromatic N) is 1. The molecule has 0 saturated carbocycles. The zero-order valence-corrected chi connectivity index (χ0v) is 18.2. The van der Waals surface area contributed by atoms with E-state index in [4.69, 9.17) is 9.84 Å². The van der Waals surface area contributed by atoms with Crippen LogP contribution in [-0.4, -0.2) is 55.3 Å². The predicted octanol–water partition coefficient (Wildman–Crippen LogP) is 4.89. The highest BCUT2D eigenvalue weighted by Crippen LogP contribution is 2.11. The Balaban J connectivity index is 3.82. The Morgan fingerprint density at radius 2 is 1.54 bits per heavy atom. The third-order valence-electron chi connectivity index (χ3n) is 4.04. The molecule has 5 heteroatoms. The molecule has 160 valence electrons. The van der Waals surface area contributed by atoms with E-state index in [0.29, 0.717) is 17.4 Å². The van der Waals surface area contributed by atoms with Gasteiger partial charge in [-0.1, -0.05) is 62.6 Å². The van der Waals surface area contributed by atoms with Gasteiger partial charge in [0.15, 0.2) is 6.10 Å². The SMILES string of the molecule is CC/C=C/C=C/C=C\CCCCCCCC(=O)OC(CC(=O)O)C[N+](C)(C)C. The fraction of sp³-hybridized carbons (Fsp3) is 0.652. The van der Waals surface area contributed by atoms with Crippen molar-refractivity contribution in [3.63, 3.8) is 0 Å². The number of ether oxygens (including phenoxy) is 1. The molecule has 0 bridgehead atoms. The lowest BCUT2D eigenvalue weighted by atomic mass is 10.1. The van der Waals surface area contributed by atoms with Crippen LogP contribution >= 0.6 is 0 Å². The van der Waals surface area contributed by atoms with Crippen LogP contribution in [0.3, 0.4) is 0 Å². The van der Waals surface area contributed by atoms with Crippen LogP contribution < -0.4 is 0 Å². The number of hydrogen-bond acceptors (Lipinski definition) is 3. The molecule has 0 aliphatic carbocycles. The highest BCUT2D eigenvalue weighted by Gasteiger charge is 2.24. The summed E-state index contributed by atoms with van der Waals surface area (Å²) < 4.78 is 5.95. The number of carbonyl (C=O) groups excluding carboxylic acids is 1. The third-order valence-corrected chi connectivity index (χ3v) is 4.04. The van der Waals surface area contributed by atoms with Crippen molar-refractivity contribution in [3.05, 3.63) is 36.5 Å². The number of carbonyl (C=O) groups is 2. The molecule has 0 fully saturated rings. The number of esters is 1. The molecule has 0 aromatic carbocycles. The molecule has 0 heterocycles. The van der Waals surface area contributed by atoms with Gasteiger partial charge in [-0.15, -0.1) is 0 Å². The quantitative estimate of drug-likeness (QED) is 0.175. The molecule has 0 rings (SSSR count). The molecular formula is C23H40NO4+. The number of unbranched alkanes of at least 4 members (excludes halogenated alkanes) is 5. The van der Waals surface area contributed by atoms with E-state index in [1.807, 2.05) is 33.3 Å². The standard InChI is InChI=1S/C23H39NO4/c1-5-6-7-8-9-10-11-12-13-14-15-16-17-18-23(27)28-21(19-22(25)26)20-24(2,3)4/h6-11,21H,5,12-20H2,1-4H3/p+1/b7-6+,9-8+,11-10-. The molecule has 1 N–H and O–H groups in total. The van der Waals surface area contributed by atoms with E-state index in [-0.39, 0.29) is 12.4 Å². The largest absolute Gasteiger partial charge is 0.481 e. The number of quaternary nitrogens is 1. The lowest BCUT2D eigenvalue weighted by Crippen LogP contribution is -2.43. The van der Waals surface area contributed by atoms with Crippen molar-refractivity contribution in [2.75, 3.05) is 27.7 Å². The van der Waals surface area contributed by atoms with Crippen molar-refractivity contribution in [1.82, 2.24) is 0 Å². The molecule has 0 aliphatic heterocycles. The van der Waals surface area contributed by atoms with Crippen molar-refractivity contribution in [2.24, 2.45) is 0 Å². The maximum Gasteiger partial charge on any atom is 0.307 e. The molecule has 0 radical (unpaired) electrons. The van der Waals surface area contributed by atoms with Crippen molar-refractivity contribution < 1.29 is 23.9 Å². The Kier molecular flexibility index (Phi) is 15.0. The molecule has 1 unspecified atom stereocenters. The second-order valence-electron chi connectivity index (χ2n) is 8.14. The molecule has 0 aromatic heterocycles. The number of carboxylic acid groups (broad SMARTS) is 1. The summed E-state index contributed by atoms with van der Waals surface area (Å²) in [6.07, 6.45) is 19.5. The minimum Gasteiger partial charge on any atom is -0.481 e. The highest BCUT2D eigenvalue weighted by molar-refractivity contribution is 5.71. The van der Waals surface area contributed by atoms with Gasteiger partial charge in [0.1, 0.15) is 6.54 Å². The van der Waals surface area contributed by atoms with Crippen molar-refractivity contribution >= 4 is 11.9 Å². The van der Waals surface area contributed by atoms with Gasteiger partial charge in [0.25, 0.3) is 0 Å². The first kappa shape index (κ1) is 26.1. The van der Waals surface area contributed by atoms with Crippen molar-refractivity contribution in [3.8, 4) is 0 Å². The van der Waals surface area contributed by atoms with Crippen LogP contribution in [0, 0.1) is 0 Å². The monoisotopic (exact) mass is 394 g/mol. The van der Waals surface area contributed by atoms with Gasteiger partial charge < -0.3 is 14.3 Å². The molecule has 0 saturated heterocycles. The number of carboxylic acids is 1. The molecule has 0 aromatic rings. The van der Waals surface area contributed by atoms with E-state index in [0.717, 1.165) is 44.9 Å². The van der Waals surface area contributed by atoms with Gasteiger partial charge in [0.2, 0.25) is 0 Å². The molecule has 28 heavy (non-hydrogen) atoms. The zero-order valence-electron chi connectivity index (χ0n) is 18.2. The zero-order chi connectivity index (χ0) is 21.3. The van der Waals surface area contributed by atoms with E-state index in [1.54, 1.807) is 0 Å². The van der Waals surface area contributed by atoms with Gasteiger partial charge in [-0.05, 0) is 25.7 Å². The normalized spacial score (nSPS) is 13.6. The number of likely N-dealkylation sites (N-methyl/N-ethyl adjacent to an activating group) is 1. The van der Waals surface area contributed by atoms with E-state index >= 15 is 0 Å². The minimum atomic E-state index is -0.937. The summed E-state index contributed by atoms with van der Waals surface area (Å²) in [5, 5.41) is 8.98. The van der Waals surface area contributed by atoms with Crippen molar-refractivity contribution in [2.45, 2.75) is 70.8 Å². The van der Waals surface area contributed by atoms with Gasteiger partial charge in [-0.25, -0.2) is 0 Å². The maximum atomic E-state index is 12.0. The van der Waals surface area contributed by atoms with E-state index in [9.17, 15) is 9.59 Å². The van der Waals surface area contributed by atoms with Crippen LogP contribution in [0.15, 0.2) is 36.5 Å². The maximum absolute atomic E-state index is 12.0. The first-order valence-corrected chi connectivity index (χ1v) is 10.4. The van der Waals surface area contributed by atoms with Crippen LogP contribution in [0.4, 0.5) is 0 Å². The van der Waals surface area contributed by atoms with Gasteiger partial charge in [0, 0.05) is 6.42 Å². The second kappa shape index (κ2) is 16.1. The average molecular weight is 395 g/mol. The van der Waals surface area contributed by atoms with Crippen LogP contribution in [0.1, 0.15) is 64.7 Å². The third kappa shape index (κ3) is 18.9. The fourth-order valence-electron chi connectivity index (χ4n) is 2.77. The fourth-order valence-corrected chi connectivity index (χ4v) is 2.77. The molecule has 0 amide bonds. The molecule has 1 atom stereocenters. The van der Waals surface area contributed by atoms with E-state index < -0.39 is 12.1 Å². The Morgan fingerprint density at radius 3 is 2.14 bits per heavy atom. The topological polar surface area (TPSA) is 63.6 Å². The summed E-state index contributed by atoms with van der Waals surface area (Å²) in [6.45, 7) is 2.61. The highest BCUT2D eigenvalue weighted by atomic mass is 16.5. The van der Waals surface area contributed by atoms with Crippen LogP contribution in [0.2, 0.25) is 0 Å². The van der Waals surface area contributed by atoms with Crippen LogP contribution in [0.25, 0.3) is 0 Å². The first-order chi connectivity index (χ1) is 13.2. The molecule has 0 aliphatic rings. The number of rotatable bonds is 16. The Bertz CT molecular complexity index is 515. The average Bonchev–Trinajstić information content (AvgIpc) is 2.56. The Labute approximate surface area is 171 Å². The lowest BCUT2D eigenvalue weighted by molar-refractivity contribution is -0.873. The summed E-state index contributed by atoms with van der Waals surface area (Å²) in [6, 6.07) is 0. The summed E-state index contributed by atoms with van der Waals surface area (Å²) in [5.74, 6) is -1.22.